The molecule has 1 heterocycles. The molecular weight excluding hydrogens is 312 g/mol. The molecule has 0 bridgehead atoms. The van der Waals surface area contributed by atoms with Crippen LogP contribution < -0.4 is 5.32 Å². The summed E-state index contributed by atoms with van der Waals surface area (Å²) in [4.78, 5) is 14.3. The highest BCUT2D eigenvalue weighted by atomic mass is 35.5. The van der Waals surface area contributed by atoms with Gasteiger partial charge in [-0.15, -0.1) is 12.4 Å². The lowest BCUT2D eigenvalue weighted by atomic mass is 10.1. The van der Waals surface area contributed by atoms with Crippen molar-refractivity contribution in [1.82, 2.24) is 10.2 Å². The molecule has 1 saturated heterocycles. The third-order valence-electron chi connectivity index (χ3n) is 3.73. The number of amides is 1. The molecule has 21 heavy (non-hydrogen) atoms. The number of likely N-dealkylation sites (N-methyl/N-ethyl adjacent to an activating group) is 1. The van der Waals surface area contributed by atoms with Crippen LogP contribution in [0.25, 0.3) is 0 Å². The van der Waals surface area contributed by atoms with Crippen LogP contribution in [0.15, 0.2) is 29.2 Å². The second-order valence-electron chi connectivity index (χ2n) is 4.96. The Hall–Kier alpha value is -1.11. The van der Waals surface area contributed by atoms with Crippen LogP contribution in [-0.4, -0.2) is 51.2 Å². The first-order chi connectivity index (χ1) is 9.47. The number of nitrogens with zero attached hydrogens (tertiary/aromatic N) is 1. The average molecular weight is 333 g/mol. The third-order valence-corrected chi connectivity index (χ3v) is 5.52. The molecule has 0 aliphatic carbocycles. The average Bonchev–Trinajstić information content (AvgIpc) is 3.00. The van der Waals surface area contributed by atoms with Gasteiger partial charge in [-0.1, -0.05) is 19.1 Å². The van der Waals surface area contributed by atoms with E-state index in [1.54, 1.807) is 37.1 Å². The molecule has 1 aliphatic rings. The first kappa shape index (κ1) is 17.9. The number of carbonyl (C=O) groups excluding carboxylic acids is 1. The van der Waals surface area contributed by atoms with Gasteiger partial charge in [-0.05, 0) is 25.1 Å². The molecule has 2 rings (SSSR count). The van der Waals surface area contributed by atoms with Crippen molar-refractivity contribution < 1.29 is 13.2 Å². The van der Waals surface area contributed by atoms with Gasteiger partial charge in [0.05, 0.1) is 16.2 Å². The Morgan fingerprint density at radius 3 is 2.62 bits per heavy atom. The van der Waals surface area contributed by atoms with Crippen molar-refractivity contribution >= 4 is 28.2 Å². The van der Waals surface area contributed by atoms with E-state index in [4.69, 9.17) is 0 Å². The van der Waals surface area contributed by atoms with Gasteiger partial charge in [0.1, 0.15) is 0 Å². The van der Waals surface area contributed by atoms with Crippen molar-refractivity contribution in [2.45, 2.75) is 24.3 Å². The number of nitrogens with one attached hydrogen (secondary N) is 1. The normalized spacial score (nSPS) is 18.1. The molecule has 0 saturated carbocycles. The van der Waals surface area contributed by atoms with Crippen LogP contribution in [0.1, 0.15) is 23.7 Å². The Morgan fingerprint density at radius 2 is 2.05 bits per heavy atom. The number of halogens is 1. The van der Waals surface area contributed by atoms with Gasteiger partial charge >= 0.3 is 0 Å². The number of hydrogen-bond acceptors (Lipinski definition) is 4. The predicted molar refractivity (Wildman–Crippen MR) is 84.8 cm³/mol. The SMILES string of the molecule is CCS(=O)(=O)c1ccccc1C(=O)N(C)C1CCNC1.Cl. The molecule has 118 valence electrons. The summed E-state index contributed by atoms with van der Waals surface area (Å²) in [7, 11) is -1.66. The maximum Gasteiger partial charge on any atom is 0.255 e. The van der Waals surface area contributed by atoms with Crippen LogP contribution in [0.2, 0.25) is 0 Å². The van der Waals surface area contributed by atoms with Crippen LogP contribution in [0.5, 0.6) is 0 Å². The predicted octanol–water partition coefficient (Wildman–Crippen LogP) is 1.34. The van der Waals surface area contributed by atoms with Crippen LogP contribution in [-0.2, 0) is 9.84 Å². The second kappa shape index (κ2) is 7.24. The smallest absolute Gasteiger partial charge is 0.255 e. The van der Waals surface area contributed by atoms with Gasteiger partial charge in [-0.2, -0.15) is 0 Å². The molecule has 5 nitrogen and oxygen atoms in total. The van der Waals surface area contributed by atoms with Crippen molar-refractivity contribution in [1.29, 1.82) is 0 Å². The molecule has 0 spiro atoms. The van der Waals surface area contributed by atoms with E-state index in [0.29, 0.717) is 0 Å². The summed E-state index contributed by atoms with van der Waals surface area (Å²) < 4.78 is 24.2. The standard InChI is InChI=1S/C14H20N2O3S.ClH/c1-3-20(18,19)13-7-5-4-6-12(13)14(17)16(2)11-8-9-15-10-11;/h4-7,11,15H,3,8-10H2,1-2H3;1H. The molecule has 1 atom stereocenters. The van der Waals surface area contributed by atoms with Gasteiger partial charge in [-0.3, -0.25) is 4.79 Å². The van der Waals surface area contributed by atoms with E-state index in [1.807, 2.05) is 0 Å². The van der Waals surface area contributed by atoms with E-state index in [0.717, 1.165) is 19.5 Å². The molecular formula is C14H21ClN2O3S. The number of sulfone groups is 1. The lowest BCUT2D eigenvalue weighted by Gasteiger charge is -2.24. The molecule has 1 amide bonds. The summed E-state index contributed by atoms with van der Waals surface area (Å²) in [6.07, 6.45) is 0.894. The van der Waals surface area contributed by atoms with Gasteiger partial charge < -0.3 is 10.2 Å². The van der Waals surface area contributed by atoms with Crippen molar-refractivity contribution in [3.8, 4) is 0 Å². The summed E-state index contributed by atoms with van der Waals surface area (Å²) in [5, 5.41) is 3.20. The van der Waals surface area contributed by atoms with Crippen molar-refractivity contribution in [3.05, 3.63) is 29.8 Å². The highest BCUT2D eigenvalue weighted by Gasteiger charge is 2.27. The van der Waals surface area contributed by atoms with E-state index in [9.17, 15) is 13.2 Å². The zero-order chi connectivity index (χ0) is 14.8. The molecule has 0 radical (unpaired) electrons. The Morgan fingerprint density at radius 1 is 1.38 bits per heavy atom. The zero-order valence-electron chi connectivity index (χ0n) is 12.2. The summed E-state index contributed by atoms with van der Waals surface area (Å²) in [6, 6.07) is 6.57. The lowest BCUT2D eigenvalue weighted by Crippen LogP contribution is -2.38. The van der Waals surface area contributed by atoms with Gasteiger partial charge in [0.25, 0.3) is 5.91 Å². The van der Waals surface area contributed by atoms with Gasteiger partial charge in [-0.25, -0.2) is 8.42 Å². The minimum atomic E-state index is -3.39. The summed E-state index contributed by atoms with van der Waals surface area (Å²) in [5.74, 6) is -0.238. The minimum Gasteiger partial charge on any atom is -0.337 e. The maximum atomic E-state index is 12.5. The largest absolute Gasteiger partial charge is 0.337 e. The Labute approximate surface area is 132 Å². The number of hydrogen-bond donors (Lipinski definition) is 1. The summed E-state index contributed by atoms with van der Waals surface area (Å²) >= 11 is 0. The molecule has 0 aromatic heterocycles. The number of benzene rings is 1. The van der Waals surface area contributed by atoms with Gasteiger partial charge in [0.15, 0.2) is 9.84 Å². The molecule has 1 N–H and O–H groups in total. The monoisotopic (exact) mass is 332 g/mol. The van der Waals surface area contributed by atoms with E-state index >= 15 is 0 Å². The summed E-state index contributed by atoms with van der Waals surface area (Å²) in [6.45, 7) is 3.23. The Balaban J connectivity index is 0.00000220. The maximum absolute atomic E-state index is 12.5. The van der Waals surface area contributed by atoms with Gasteiger partial charge in [0.2, 0.25) is 0 Å². The number of carbonyl (C=O) groups is 1. The fourth-order valence-corrected chi connectivity index (χ4v) is 3.48. The van der Waals surface area contributed by atoms with Crippen LogP contribution >= 0.6 is 12.4 Å². The Bertz CT molecular complexity index is 598. The summed E-state index contributed by atoms with van der Waals surface area (Å²) in [5.41, 5.74) is 0.267. The second-order valence-corrected chi connectivity index (χ2v) is 7.21. The first-order valence-corrected chi connectivity index (χ1v) is 8.42. The van der Waals surface area contributed by atoms with E-state index in [2.05, 4.69) is 5.32 Å². The van der Waals surface area contributed by atoms with Crippen molar-refractivity contribution in [2.75, 3.05) is 25.9 Å². The van der Waals surface area contributed by atoms with Crippen LogP contribution in [0.3, 0.4) is 0 Å². The minimum absolute atomic E-state index is 0. The molecule has 1 aromatic carbocycles. The van der Waals surface area contributed by atoms with Crippen molar-refractivity contribution in [2.24, 2.45) is 0 Å². The molecule has 1 aromatic rings. The topological polar surface area (TPSA) is 66.5 Å². The van der Waals surface area contributed by atoms with E-state index in [1.165, 1.54) is 6.07 Å². The number of rotatable bonds is 4. The molecule has 1 fully saturated rings. The fourth-order valence-electron chi connectivity index (χ4n) is 2.40. The lowest BCUT2D eigenvalue weighted by molar-refractivity contribution is 0.0740. The van der Waals surface area contributed by atoms with Crippen molar-refractivity contribution in [3.63, 3.8) is 0 Å². The molecule has 7 heteroatoms. The molecule has 1 unspecified atom stereocenters. The van der Waals surface area contributed by atoms with E-state index < -0.39 is 9.84 Å². The quantitative estimate of drug-likeness (QED) is 0.903. The van der Waals surface area contributed by atoms with Crippen LogP contribution in [0.4, 0.5) is 0 Å². The highest BCUT2D eigenvalue weighted by molar-refractivity contribution is 7.91. The highest BCUT2D eigenvalue weighted by Crippen LogP contribution is 2.20. The van der Waals surface area contributed by atoms with E-state index in [-0.39, 0.29) is 40.6 Å². The van der Waals surface area contributed by atoms with Crippen LogP contribution in [0, 0.1) is 0 Å². The molecule has 1 aliphatic heterocycles. The van der Waals surface area contributed by atoms with Gasteiger partial charge in [0, 0.05) is 19.6 Å². The fraction of sp³-hybridized carbons (Fsp3) is 0.500. The third kappa shape index (κ3) is 3.75. The zero-order valence-corrected chi connectivity index (χ0v) is 13.8. The Kier molecular flexibility index (Phi) is 6.19. The first-order valence-electron chi connectivity index (χ1n) is 6.77.